The Morgan fingerprint density at radius 2 is 2.18 bits per heavy atom. The van der Waals surface area contributed by atoms with Gasteiger partial charge in [0.05, 0.1) is 19.7 Å². The first kappa shape index (κ1) is 11.6. The average molecular weight is 232 g/mol. The van der Waals surface area contributed by atoms with Gasteiger partial charge in [-0.05, 0) is 23.3 Å². The number of tetrazole rings is 1. The summed E-state index contributed by atoms with van der Waals surface area (Å²) in [6.45, 7) is 2.15. The van der Waals surface area contributed by atoms with E-state index in [2.05, 4.69) is 28.4 Å². The summed E-state index contributed by atoms with van der Waals surface area (Å²) in [5.74, 6) is 1.45. The number of hydrogen-bond donors (Lipinski definition) is 0. The summed E-state index contributed by atoms with van der Waals surface area (Å²) in [6.07, 6.45) is 2.06. The molecule has 5 nitrogen and oxygen atoms in total. The van der Waals surface area contributed by atoms with Gasteiger partial charge in [-0.15, -0.1) is 10.2 Å². The van der Waals surface area contributed by atoms with E-state index in [1.165, 1.54) is 10.4 Å². The molecule has 0 N–H and O–H groups in total. The van der Waals surface area contributed by atoms with Crippen molar-refractivity contribution < 1.29 is 4.74 Å². The smallest absolute Gasteiger partial charge is 0.208 e. The van der Waals surface area contributed by atoms with Crippen LogP contribution in [-0.2, 0) is 13.5 Å². The number of benzene rings is 1. The third-order valence-electron chi connectivity index (χ3n) is 2.57. The van der Waals surface area contributed by atoms with Crippen molar-refractivity contribution in [3.63, 3.8) is 0 Å². The number of ether oxygens (including phenoxy) is 1. The normalized spacial score (nSPS) is 10.5. The van der Waals surface area contributed by atoms with Gasteiger partial charge >= 0.3 is 0 Å². The molecule has 0 saturated carbocycles. The maximum absolute atomic E-state index is 5.48. The minimum absolute atomic E-state index is 0.599. The Hall–Kier alpha value is -1.91. The van der Waals surface area contributed by atoms with Crippen molar-refractivity contribution in [3.05, 3.63) is 23.8 Å². The quantitative estimate of drug-likeness (QED) is 0.807. The first-order valence-corrected chi connectivity index (χ1v) is 5.66. The SMILES string of the molecule is CCCc1cccc(-c2nnn(C)n2)c1OC. The van der Waals surface area contributed by atoms with Crippen LogP contribution in [0.15, 0.2) is 18.2 Å². The molecule has 2 rings (SSSR count). The average Bonchev–Trinajstić information content (AvgIpc) is 2.76. The Kier molecular flexibility index (Phi) is 3.37. The number of rotatable bonds is 4. The van der Waals surface area contributed by atoms with Crippen LogP contribution in [0.3, 0.4) is 0 Å². The molecule has 0 aliphatic carbocycles. The largest absolute Gasteiger partial charge is 0.496 e. The second-order valence-corrected chi connectivity index (χ2v) is 3.85. The van der Waals surface area contributed by atoms with E-state index in [1.807, 2.05) is 12.1 Å². The van der Waals surface area contributed by atoms with Gasteiger partial charge in [0.1, 0.15) is 5.75 Å². The summed E-state index contributed by atoms with van der Waals surface area (Å²) in [6, 6.07) is 6.02. The minimum atomic E-state index is 0.599. The Labute approximate surface area is 100 Å². The lowest BCUT2D eigenvalue weighted by Crippen LogP contribution is -1.96. The van der Waals surface area contributed by atoms with Crippen molar-refractivity contribution in [1.82, 2.24) is 20.2 Å². The lowest BCUT2D eigenvalue weighted by molar-refractivity contribution is 0.410. The number of aryl methyl sites for hydroxylation is 2. The molecule has 17 heavy (non-hydrogen) atoms. The summed E-state index contributed by atoms with van der Waals surface area (Å²) in [7, 11) is 3.42. The van der Waals surface area contributed by atoms with Gasteiger partial charge in [0.15, 0.2) is 0 Å². The van der Waals surface area contributed by atoms with Gasteiger partial charge in [0.25, 0.3) is 0 Å². The molecule has 0 saturated heterocycles. The first-order chi connectivity index (χ1) is 8.26. The third kappa shape index (κ3) is 2.27. The highest BCUT2D eigenvalue weighted by Crippen LogP contribution is 2.31. The molecule has 0 fully saturated rings. The number of hydrogen-bond acceptors (Lipinski definition) is 4. The fourth-order valence-corrected chi connectivity index (χ4v) is 1.86. The number of para-hydroxylation sites is 1. The highest BCUT2D eigenvalue weighted by molar-refractivity contribution is 5.66. The van der Waals surface area contributed by atoms with Gasteiger partial charge in [-0.25, -0.2) is 0 Å². The Morgan fingerprint density at radius 3 is 2.76 bits per heavy atom. The highest BCUT2D eigenvalue weighted by atomic mass is 16.5. The molecule has 0 aliphatic heterocycles. The van der Waals surface area contributed by atoms with Gasteiger partial charge in [0, 0.05) is 0 Å². The Balaban J connectivity index is 2.49. The van der Waals surface area contributed by atoms with Crippen LogP contribution in [0.5, 0.6) is 5.75 Å². The number of nitrogens with zero attached hydrogens (tertiary/aromatic N) is 4. The lowest BCUT2D eigenvalue weighted by Gasteiger charge is -2.10. The fraction of sp³-hybridized carbons (Fsp3) is 0.417. The summed E-state index contributed by atoms with van der Waals surface area (Å²) < 4.78 is 5.48. The van der Waals surface area contributed by atoms with Crippen LogP contribution >= 0.6 is 0 Å². The molecule has 0 radical (unpaired) electrons. The van der Waals surface area contributed by atoms with Gasteiger partial charge in [-0.3, -0.25) is 0 Å². The fourth-order valence-electron chi connectivity index (χ4n) is 1.86. The van der Waals surface area contributed by atoms with E-state index in [0.717, 1.165) is 24.2 Å². The van der Waals surface area contributed by atoms with E-state index < -0.39 is 0 Å². The highest BCUT2D eigenvalue weighted by Gasteiger charge is 2.13. The molecule has 90 valence electrons. The van der Waals surface area contributed by atoms with E-state index in [9.17, 15) is 0 Å². The molecule has 1 heterocycles. The molecule has 0 unspecified atom stereocenters. The van der Waals surface area contributed by atoms with Gasteiger partial charge < -0.3 is 4.74 Å². The molecule has 0 amide bonds. The molecule has 0 aliphatic rings. The Bertz CT molecular complexity index is 507. The van der Waals surface area contributed by atoms with Crippen molar-refractivity contribution in [1.29, 1.82) is 0 Å². The van der Waals surface area contributed by atoms with Crippen LogP contribution in [0.4, 0.5) is 0 Å². The molecular formula is C12H16N4O. The van der Waals surface area contributed by atoms with Crippen molar-refractivity contribution in [3.8, 4) is 17.1 Å². The summed E-state index contributed by atoms with van der Waals surface area (Å²) in [5, 5.41) is 12.1. The zero-order valence-electron chi connectivity index (χ0n) is 10.3. The van der Waals surface area contributed by atoms with Crippen LogP contribution in [0.1, 0.15) is 18.9 Å². The van der Waals surface area contributed by atoms with E-state index in [4.69, 9.17) is 4.74 Å². The second-order valence-electron chi connectivity index (χ2n) is 3.85. The zero-order valence-corrected chi connectivity index (χ0v) is 10.3. The maximum Gasteiger partial charge on any atom is 0.208 e. The van der Waals surface area contributed by atoms with Crippen molar-refractivity contribution >= 4 is 0 Å². The molecule has 5 heteroatoms. The van der Waals surface area contributed by atoms with Crippen molar-refractivity contribution in [2.45, 2.75) is 19.8 Å². The molecular weight excluding hydrogens is 216 g/mol. The van der Waals surface area contributed by atoms with E-state index in [0.29, 0.717) is 5.82 Å². The second kappa shape index (κ2) is 4.95. The van der Waals surface area contributed by atoms with E-state index in [1.54, 1.807) is 14.2 Å². The van der Waals surface area contributed by atoms with Crippen LogP contribution in [0.25, 0.3) is 11.4 Å². The van der Waals surface area contributed by atoms with Crippen molar-refractivity contribution in [2.24, 2.45) is 7.05 Å². The minimum Gasteiger partial charge on any atom is -0.496 e. The first-order valence-electron chi connectivity index (χ1n) is 5.66. The van der Waals surface area contributed by atoms with Gasteiger partial charge in [-0.1, -0.05) is 25.5 Å². The van der Waals surface area contributed by atoms with Crippen LogP contribution in [-0.4, -0.2) is 27.3 Å². The predicted molar refractivity (Wildman–Crippen MR) is 64.8 cm³/mol. The standard InChI is InChI=1S/C12H16N4O/c1-4-6-9-7-5-8-10(11(9)17-3)12-13-15-16(2)14-12/h5,7-8H,4,6H2,1-3H3. The Morgan fingerprint density at radius 1 is 1.35 bits per heavy atom. The lowest BCUT2D eigenvalue weighted by atomic mass is 10.0. The third-order valence-corrected chi connectivity index (χ3v) is 2.57. The monoisotopic (exact) mass is 232 g/mol. The molecule has 0 atom stereocenters. The van der Waals surface area contributed by atoms with Crippen LogP contribution in [0, 0.1) is 0 Å². The van der Waals surface area contributed by atoms with Crippen molar-refractivity contribution in [2.75, 3.05) is 7.11 Å². The number of aromatic nitrogens is 4. The molecule has 0 bridgehead atoms. The summed E-state index contributed by atoms with van der Waals surface area (Å²) >= 11 is 0. The van der Waals surface area contributed by atoms with Gasteiger partial charge in [-0.2, -0.15) is 4.80 Å². The molecule has 1 aromatic heterocycles. The van der Waals surface area contributed by atoms with E-state index in [-0.39, 0.29) is 0 Å². The topological polar surface area (TPSA) is 52.8 Å². The summed E-state index contributed by atoms with van der Waals surface area (Å²) in [5.41, 5.74) is 2.08. The molecule has 0 spiro atoms. The predicted octanol–water partition coefficient (Wildman–Crippen LogP) is 1.84. The zero-order chi connectivity index (χ0) is 12.3. The van der Waals surface area contributed by atoms with Gasteiger partial charge in [0.2, 0.25) is 5.82 Å². The summed E-state index contributed by atoms with van der Waals surface area (Å²) in [4.78, 5) is 1.45. The van der Waals surface area contributed by atoms with Crippen LogP contribution in [0.2, 0.25) is 0 Å². The van der Waals surface area contributed by atoms with Crippen LogP contribution < -0.4 is 4.74 Å². The molecule has 2 aromatic rings. The number of methoxy groups -OCH3 is 1. The maximum atomic E-state index is 5.48. The van der Waals surface area contributed by atoms with E-state index >= 15 is 0 Å². The molecule has 1 aromatic carbocycles.